The zero-order valence-corrected chi connectivity index (χ0v) is 21.6. The van der Waals surface area contributed by atoms with E-state index >= 15 is 0 Å². The number of Topliss-reactive ketones (excluding diaryl/α,β-unsaturated/α-hetero) is 2. The number of benzene rings is 2. The zero-order chi connectivity index (χ0) is 28.5. The number of aryl methyl sites for hydroxylation is 1. The van der Waals surface area contributed by atoms with Crippen molar-refractivity contribution in [3.63, 3.8) is 0 Å². The number of aliphatic hydroxyl groups excluding tert-OH is 3. The minimum atomic E-state index is -2.96. The van der Waals surface area contributed by atoms with Gasteiger partial charge in [0.25, 0.3) is 5.91 Å². The van der Waals surface area contributed by atoms with Crippen LogP contribution in [0.25, 0.3) is 5.76 Å². The number of nitrogens with zero attached hydrogens (tertiary/aromatic N) is 1. The first-order valence-corrected chi connectivity index (χ1v) is 12.6. The van der Waals surface area contributed by atoms with Gasteiger partial charge in [0.05, 0.1) is 23.6 Å². The summed E-state index contributed by atoms with van der Waals surface area (Å²) in [4.78, 5) is 41.2. The van der Waals surface area contributed by atoms with Gasteiger partial charge in [-0.2, -0.15) is 0 Å². The van der Waals surface area contributed by atoms with Gasteiger partial charge >= 0.3 is 0 Å². The maximum absolute atomic E-state index is 14.2. The number of phenols is 1. The number of aromatic hydroxyl groups is 1. The maximum atomic E-state index is 14.2. The minimum absolute atomic E-state index is 0.0445. The summed E-state index contributed by atoms with van der Waals surface area (Å²) in [6, 6.07) is 10.5. The number of carbonyl (C=O) groups excluding carboxylic acids is 3. The number of primary amides is 1. The highest BCUT2D eigenvalue weighted by molar-refractivity contribution is 6.24. The fourth-order valence-electron chi connectivity index (χ4n) is 6.79. The zero-order valence-electron chi connectivity index (χ0n) is 21.6. The van der Waals surface area contributed by atoms with Crippen molar-refractivity contribution in [2.24, 2.45) is 17.6 Å². The van der Waals surface area contributed by atoms with Crippen molar-refractivity contribution in [2.75, 3.05) is 14.1 Å². The highest BCUT2D eigenvalue weighted by atomic mass is 16.4. The third-order valence-corrected chi connectivity index (χ3v) is 8.43. The molecule has 0 heterocycles. The topological polar surface area (TPSA) is 182 Å². The summed E-state index contributed by atoms with van der Waals surface area (Å²) in [5.41, 5.74) is 3.06. The van der Waals surface area contributed by atoms with Gasteiger partial charge in [0.2, 0.25) is 5.78 Å². The molecule has 0 aliphatic heterocycles. The van der Waals surface area contributed by atoms with Crippen LogP contribution < -0.4 is 5.73 Å². The Balaban J connectivity index is 1.88. The average Bonchev–Trinajstić information content (AvgIpc) is 2.88. The van der Waals surface area contributed by atoms with Crippen LogP contribution in [0, 0.1) is 11.8 Å². The van der Waals surface area contributed by atoms with Crippen LogP contribution in [0.1, 0.15) is 35.1 Å². The highest BCUT2D eigenvalue weighted by Gasteiger charge is 2.68. The van der Waals surface area contributed by atoms with E-state index in [1.165, 1.54) is 25.1 Å². The van der Waals surface area contributed by atoms with Crippen LogP contribution in [-0.2, 0) is 20.8 Å². The number of fused-ring (bicyclic) bond motifs is 3. The van der Waals surface area contributed by atoms with Crippen LogP contribution in [0.5, 0.6) is 5.75 Å². The van der Waals surface area contributed by atoms with Gasteiger partial charge in [-0.1, -0.05) is 43.3 Å². The standard InChI is InChI=1S/C29H30N2O8/c1-4-12-8-5-6-9-13(12)16-14-10-7-11-15(32)17(14)23(33)19-18(16)24(34)21-22(31(2)3)25(35)20(28(30)38)27(37)29(21,39)26(19)36/h5-11,16,18,21-22,24,32-34,37,39H,4H2,1-3H3,(H2,30,38)/t16-,18+,21+,22-,24-,29-/m0/s1. The average molecular weight is 535 g/mol. The Kier molecular flexibility index (Phi) is 6.17. The summed E-state index contributed by atoms with van der Waals surface area (Å²) in [6.07, 6.45) is -1.08. The molecule has 10 nitrogen and oxygen atoms in total. The number of carbonyl (C=O) groups is 3. The summed E-state index contributed by atoms with van der Waals surface area (Å²) in [5, 5.41) is 57.1. The van der Waals surface area contributed by atoms with Gasteiger partial charge < -0.3 is 31.3 Å². The van der Waals surface area contributed by atoms with E-state index in [-0.39, 0.29) is 11.3 Å². The van der Waals surface area contributed by atoms with Crippen molar-refractivity contribution in [2.45, 2.75) is 37.0 Å². The first kappa shape index (κ1) is 26.6. The Morgan fingerprint density at radius 2 is 1.67 bits per heavy atom. The summed E-state index contributed by atoms with van der Waals surface area (Å²) >= 11 is 0. The SMILES string of the molecule is CCc1ccccc1[C@H]1c2cccc(O)c2C(O)=C2C(=O)[C@]3(O)C(O)=C(C(N)=O)C(=O)[C@@H](N(C)C)[C@@H]3[C@@H](O)[C@@H]21. The predicted molar refractivity (Wildman–Crippen MR) is 140 cm³/mol. The number of rotatable bonds is 4. The monoisotopic (exact) mass is 534 g/mol. The van der Waals surface area contributed by atoms with Crippen LogP contribution in [0.3, 0.4) is 0 Å². The number of likely N-dealkylation sites (N-methyl/N-ethyl adjacent to an activating group) is 1. The number of phenolic OH excluding ortho intramolecular Hbond substituents is 1. The smallest absolute Gasteiger partial charge is 0.255 e. The largest absolute Gasteiger partial charge is 0.508 e. The van der Waals surface area contributed by atoms with E-state index in [2.05, 4.69) is 0 Å². The summed E-state index contributed by atoms with van der Waals surface area (Å²) < 4.78 is 0. The normalized spacial score (nSPS) is 30.3. The van der Waals surface area contributed by atoms with Crippen molar-refractivity contribution in [1.82, 2.24) is 4.90 Å². The van der Waals surface area contributed by atoms with E-state index < -0.39 is 75.6 Å². The summed E-state index contributed by atoms with van der Waals surface area (Å²) in [6.45, 7) is 1.94. The molecule has 3 aliphatic rings. The second-order valence-electron chi connectivity index (χ2n) is 10.5. The molecular weight excluding hydrogens is 504 g/mol. The Labute approximate surface area is 224 Å². The Morgan fingerprint density at radius 3 is 2.28 bits per heavy atom. The van der Waals surface area contributed by atoms with Crippen LogP contribution in [0.15, 0.2) is 59.4 Å². The van der Waals surface area contributed by atoms with E-state index in [4.69, 9.17) is 5.73 Å². The van der Waals surface area contributed by atoms with Crippen LogP contribution in [0.4, 0.5) is 0 Å². The van der Waals surface area contributed by atoms with Gasteiger partial charge in [0, 0.05) is 17.4 Å². The van der Waals surface area contributed by atoms with E-state index in [9.17, 15) is 39.9 Å². The molecule has 1 saturated carbocycles. The van der Waals surface area contributed by atoms with E-state index in [0.29, 0.717) is 12.0 Å². The lowest BCUT2D eigenvalue weighted by molar-refractivity contribution is -0.169. The molecule has 1 amide bonds. The lowest BCUT2D eigenvalue weighted by atomic mass is 9.53. The molecule has 0 unspecified atom stereocenters. The molecule has 0 bridgehead atoms. The Hall–Kier alpha value is -3.99. The third-order valence-electron chi connectivity index (χ3n) is 8.43. The van der Waals surface area contributed by atoms with Crippen molar-refractivity contribution < 1.29 is 39.9 Å². The molecule has 204 valence electrons. The first-order chi connectivity index (χ1) is 18.4. The molecule has 6 atom stereocenters. The lowest BCUT2D eigenvalue weighted by Gasteiger charge is -2.54. The molecule has 7 N–H and O–H groups in total. The summed E-state index contributed by atoms with van der Waals surface area (Å²) in [7, 11) is 2.95. The van der Waals surface area contributed by atoms with Gasteiger partial charge in [-0.15, -0.1) is 0 Å². The Morgan fingerprint density at radius 1 is 1.03 bits per heavy atom. The highest BCUT2D eigenvalue weighted by Crippen LogP contribution is 2.57. The molecule has 39 heavy (non-hydrogen) atoms. The van der Waals surface area contributed by atoms with Gasteiger partial charge in [-0.3, -0.25) is 19.3 Å². The van der Waals surface area contributed by atoms with Gasteiger partial charge in [-0.25, -0.2) is 0 Å². The Bertz CT molecular complexity index is 1490. The van der Waals surface area contributed by atoms with E-state index in [1.807, 2.05) is 25.1 Å². The minimum Gasteiger partial charge on any atom is -0.508 e. The molecule has 0 aromatic heterocycles. The molecular formula is C29H30N2O8. The molecule has 0 spiro atoms. The predicted octanol–water partition coefficient (Wildman–Crippen LogP) is 1.09. The molecule has 5 rings (SSSR count). The fraction of sp³-hybridized carbons (Fsp3) is 0.345. The van der Waals surface area contributed by atoms with Gasteiger partial charge in [0.15, 0.2) is 11.4 Å². The quantitative estimate of drug-likeness (QED) is 0.313. The summed E-state index contributed by atoms with van der Waals surface area (Å²) in [5.74, 6) is -9.31. The van der Waals surface area contributed by atoms with Crippen molar-refractivity contribution in [1.29, 1.82) is 0 Å². The number of hydrogen-bond donors (Lipinski definition) is 6. The molecule has 0 saturated heterocycles. The molecule has 2 aromatic carbocycles. The maximum Gasteiger partial charge on any atom is 0.255 e. The van der Waals surface area contributed by atoms with E-state index in [1.54, 1.807) is 18.2 Å². The molecule has 0 radical (unpaired) electrons. The molecule has 1 fully saturated rings. The lowest BCUT2D eigenvalue weighted by Crippen LogP contribution is -2.70. The molecule has 10 heteroatoms. The second-order valence-corrected chi connectivity index (χ2v) is 10.5. The van der Waals surface area contributed by atoms with Gasteiger partial charge in [-0.05, 0) is 43.3 Å². The van der Waals surface area contributed by atoms with Crippen molar-refractivity contribution in [3.8, 4) is 5.75 Å². The first-order valence-electron chi connectivity index (χ1n) is 12.6. The number of aliphatic hydroxyl groups is 4. The van der Waals surface area contributed by atoms with Crippen LogP contribution >= 0.6 is 0 Å². The van der Waals surface area contributed by atoms with Crippen LogP contribution in [0.2, 0.25) is 0 Å². The number of amides is 1. The second kappa shape index (κ2) is 9.04. The van der Waals surface area contributed by atoms with E-state index in [0.717, 1.165) is 11.1 Å². The fourth-order valence-corrected chi connectivity index (χ4v) is 6.79. The number of hydrogen-bond acceptors (Lipinski definition) is 9. The number of ketones is 2. The molecule has 3 aliphatic carbocycles. The van der Waals surface area contributed by atoms with Crippen molar-refractivity contribution >= 4 is 23.2 Å². The third kappa shape index (κ3) is 3.42. The van der Waals surface area contributed by atoms with Crippen LogP contribution in [-0.4, -0.2) is 79.7 Å². The molecule has 2 aromatic rings. The van der Waals surface area contributed by atoms with Gasteiger partial charge in [0.1, 0.15) is 22.8 Å². The number of nitrogens with two attached hydrogens (primary N) is 1. The van der Waals surface area contributed by atoms with Crippen molar-refractivity contribution in [3.05, 3.63) is 81.6 Å².